The van der Waals surface area contributed by atoms with Gasteiger partial charge in [-0.15, -0.1) is 0 Å². The maximum atomic E-state index is 12.4. The van der Waals surface area contributed by atoms with Crippen LogP contribution in [0.1, 0.15) is 44.7 Å². The predicted octanol–water partition coefficient (Wildman–Crippen LogP) is 0.237. The molecule has 0 bridgehead atoms. The number of quaternary nitrogens is 2. The summed E-state index contributed by atoms with van der Waals surface area (Å²) in [4.78, 5) is 15.3. The Kier molecular flexibility index (Phi) is 9.24. The van der Waals surface area contributed by atoms with Gasteiger partial charge in [0.25, 0.3) is 5.91 Å². The fourth-order valence-corrected chi connectivity index (χ4v) is 4.00. The molecule has 1 aromatic rings. The summed E-state index contributed by atoms with van der Waals surface area (Å²) in [6.07, 6.45) is 2.22. The summed E-state index contributed by atoms with van der Waals surface area (Å²) >= 11 is 0. The molecule has 0 saturated carbocycles. The number of methoxy groups -OCH3 is 2. The number of hydrogen-bond donors (Lipinski definition) is 3. The van der Waals surface area contributed by atoms with Crippen molar-refractivity contribution in [3.05, 3.63) is 23.3 Å². The predicted molar refractivity (Wildman–Crippen MR) is 116 cm³/mol. The molecule has 1 aliphatic rings. The smallest absolute Gasteiger partial charge is 0.275 e. The third-order valence-electron chi connectivity index (χ3n) is 5.94. The van der Waals surface area contributed by atoms with Crippen LogP contribution < -0.4 is 24.6 Å². The second-order valence-electron chi connectivity index (χ2n) is 8.93. The van der Waals surface area contributed by atoms with Gasteiger partial charge in [-0.3, -0.25) is 4.79 Å². The Labute approximate surface area is 176 Å². The van der Waals surface area contributed by atoms with Crippen LogP contribution in [0.15, 0.2) is 12.1 Å². The number of benzene rings is 1. The van der Waals surface area contributed by atoms with Gasteiger partial charge >= 0.3 is 0 Å². The van der Waals surface area contributed by atoms with Crippen LogP contribution in [0.2, 0.25) is 0 Å². The average Bonchev–Trinajstić information content (AvgIpc) is 2.68. The van der Waals surface area contributed by atoms with Crippen molar-refractivity contribution in [3.63, 3.8) is 0 Å². The highest BCUT2D eigenvalue weighted by molar-refractivity contribution is 5.77. The second-order valence-corrected chi connectivity index (χ2v) is 8.93. The van der Waals surface area contributed by atoms with Crippen LogP contribution in [0.25, 0.3) is 0 Å². The monoisotopic (exact) mass is 407 g/mol. The second kappa shape index (κ2) is 11.4. The Morgan fingerprint density at radius 2 is 1.59 bits per heavy atom. The number of hydrogen-bond acceptors (Lipinski definition) is 3. The van der Waals surface area contributed by atoms with E-state index in [9.17, 15) is 4.79 Å². The lowest BCUT2D eigenvalue weighted by Gasteiger charge is -2.30. The molecule has 164 valence electrons. The van der Waals surface area contributed by atoms with Crippen LogP contribution in [0.5, 0.6) is 11.5 Å². The molecule has 6 heteroatoms. The molecular weight excluding hydrogens is 366 g/mol. The first-order chi connectivity index (χ1) is 13.8. The zero-order chi connectivity index (χ0) is 21.4. The van der Waals surface area contributed by atoms with Crippen LogP contribution in [0, 0.1) is 12.8 Å². The zero-order valence-corrected chi connectivity index (χ0v) is 19.2. The van der Waals surface area contributed by atoms with Crippen molar-refractivity contribution < 1.29 is 24.1 Å². The summed E-state index contributed by atoms with van der Waals surface area (Å²) in [5.41, 5.74) is 2.54. The molecule has 0 aromatic heterocycles. The molecule has 1 aromatic carbocycles. The summed E-state index contributed by atoms with van der Waals surface area (Å²) in [6.45, 7) is 14.5. The summed E-state index contributed by atoms with van der Waals surface area (Å²) in [7, 11) is 3.35. The molecule has 6 nitrogen and oxygen atoms in total. The van der Waals surface area contributed by atoms with Crippen molar-refractivity contribution in [1.82, 2.24) is 5.32 Å². The highest BCUT2D eigenvalue weighted by atomic mass is 16.5. The van der Waals surface area contributed by atoms with Crippen molar-refractivity contribution in [3.8, 4) is 11.5 Å². The average molecular weight is 408 g/mol. The first-order valence-electron chi connectivity index (χ1n) is 11.0. The molecule has 1 saturated heterocycles. The van der Waals surface area contributed by atoms with E-state index in [4.69, 9.17) is 9.47 Å². The molecule has 1 fully saturated rings. The van der Waals surface area contributed by atoms with Crippen molar-refractivity contribution in [1.29, 1.82) is 0 Å². The van der Waals surface area contributed by atoms with Crippen molar-refractivity contribution in [2.45, 2.75) is 53.1 Å². The summed E-state index contributed by atoms with van der Waals surface area (Å²) < 4.78 is 10.9. The third-order valence-corrected chi connectivity index (χ3v) is 5.94. The first kappa shape index (κ1) is 23.5. The van der Waals surface area contributed by atoms with Gasteiger partial charge in [0.1, 0.15) is 32.7 Å². The number of aryl methyl sites for hydroxylation is 1. The SMILES string of the molecule is COc1cc(C)c(C[NH+]2CC[NH+](CC(=O)N[C@H](C)CCC(C)C)CC2)cc1OC. The van der Waals surface area contributed by atoms with Gasteiger partial charge in [-0.1, -0.05) is 13.8 Å². The van der Waals surface area contributed by atoms with Gasteiger partial charge in [0.2, 0.25) is 0 Å². The van der Waals surface area contributed by atoms with Gasteiger partial charge in [0, 0.05) is 11.6 Å². The Hall–Kier alpha value is -1.79. The molecule has 1 aliphatic heterocycles. The molecule has 0 aliphatic carbocycles. The highest BCUT2D eigenvalue weighted by Crippen LogP contribution is 2.29. The van der Waals surface area contributed by atoms with E-state index in [1.165, 1.54) is 16.0 Å². The Bertz CT molecular complexity index is 655. The minimum Gasteiger partial charge on any atom is -0.493 e. The first-order valence-corrected chi connectivity index (χ1v) is 11.0. The van der Waals surface area contributed by atoms with Crippen LogP contribution >= 0.6 is 0 Å². The molecule has 0 unspecified atom stereocenters. The van der Waals surface area contributed by atoms with E-state index < -0.39 is 0 Å². The van der Waals surface area contributed by atoms with Crippen molar-refractivity contribution in [2.75, 3.05) is 46.9 Å². The molecule has 0 spiro atoms. The Balaban J connectivity index is 1.78. The van der Waals surface area contributed by atoms with Gasteiger partial charge < -0.3 is 24.6 Å². The fraction of sp³-hybridized carbons (Fsp3) is 0.696. The van der Waals surface area contributed by atoms with Crippen molar-refractivity contribution in [2.24, 2.45) is 5.92 Å². The van der Waals surface area contributed by atoms with E-state index in [2.05, 4.69) is 45.1 Å². The van der Waals surface area contributed by atoms with Crippen molar-refractivity contribution >= 4 is 5.91 Å². The largest absolute Gasteiger partial charge is 0.493 e. The molecular formula is C23H41N3O3+2. The molecule has 1 heterocycles. The Morgan fingerprint density at radius 1 is 1.00 bits per heavy atom. The fourth-order valence-electron chi connectivity index (χ4n) is 4.00. The normalized spacial score (nSPS) is 20.4. The number of piperazine rings is 1. The minimum absolute atomic E-state index is 0.190. The van der Waals surface area contributed by atoms with Gasteiger partial charge in [0.15, 0.2) is 18.0 Å². The van der Waals surface area contributed by atoms with E-state index in [0.717, 1.165) is 57.1 Å². The standard InChI is InChI=1S/C23H39N3O3/c1-17(2)7-8-19(4)24-23(27)16-26-11-9-25(10-12-26)15-20-14-22(29-6)21(28-5)13-18(20)3/h13-14,17,19H,7-12,15-16H2,1-6H3,(H,24,27)/p+2/t19-/m1/s1. The molecule has 1 atom stereocenters. The lowest BCUT2D eigenvalue weighted by molar-refractivity contribution is -1.02. The molecule has 3 N–H and O–H groups in total. The van der Waals surface area contributed by atoms with E-state index in [0.29, 0.717) is 12.5 Å². The van der Waals surface area contributed by atoms with Gasteiger partial charge in [-0.05, 0) is 50.3 Å². The van der Waals surface area contributed by atoms with E-state index in [1.807, 2.05) is 0 Å². The molecule has 0 radical (unpaired) electrons. The number of nitrogens with one attached hydrogen (secondary N) is 3. The maximum Gasteiger partial charge on any atom is 0.275 e. The minimum atomic E-state index is 0.190. The van der Waals surface area contributed by atoms with Gasteiger partial charge in [-0.25, -0.2) is 0 Å². The maximum absolute atomic E-state index is 12.4. The van der Waals surface area contributed by atoms with Gasteiger partial charge in [0.05, 0.1) is 14.2 Å². The zero-order valence-electron chi connectivity index (χ0n) is 19.2. The molecule has 1 amide bonds. The van der Waals surface area contributed by atoms with E-state index in [-0.39, 0.29) is 11.9 Å². The number of amides is 1. The Morgan fingerprint density at radius 3 is 2.17 bits per heavy atom. The quantitative estimate of drug-likeness (QED) is 0.521. The summed E-state index contributed by atoms with van der Waals surface area (Å²) in [5, 5.41) is 3.17. The lowest BCUT2D eigenvalue weighted by Crippen LogP contribution is -3.28. The van der Waals surface area contributed by atoms with E-state index >= 15 is 0 Å². The number of rotatable bonds is 10. The lowest BCUT2D eigenvalue weighted by atomic mass is 10.0. The van der Waals surface area contributed by atoms with Crippen LogP contribution in [0.4, 0.5) is 0 Å². The van der Waals surface area contributed by atoms with E-state index in [1.54, 1.807) is 19.1 Å². The molecule has 29 heavy (non-hydrogen) atoms. The topological polar surface area (TPSA) is 56.4 Å². The number of carbonyl (C=O) groups excluding carboxylic acids is 1. The number of carbonyl (C=O) groups is 1. The van der Waals surface area contributed by atoms with Gasteiger partial charge in [-0.2, -0.15) is 0 Å². The van der Waals surface area contributed by atoms with Crippen LogP contribution in [-0.4, -0.2) is 58.9 Å². The summed E-state index contributed by atoms with van der Waals surface area (Å²) in [6, 6.07) is 4.43. The highest BCUT2D eigenvalue weighted by Gasteiger charge is 2.26. The third kappa shape index (κ3) is 7.52. The number of ether oxygens (including phenoxy) is 2. The summed E-state index contributed by atoms with van der Waals surface area (Å²) in [5.74, 6) is 2.45. The molecule has 2 rings (SSSR count). The van der Waals surface area contributed by atoms with Crippen LogP contribution in [-0.2, 0) is 11.3 Å². The van der Waals surface area contributed by atoms with Crippen LogP contribution in [0.3, 0.4) is 0 Å².